The number of allylic oxidation sites excluding steroid dienone is 3. The van der Waals surface area contributed by atoms with Crippen molar-refractivity contribution in [2.24, 2.45) is 11.8 Å². The molecule has 3 rings (SSSR count). The Labute approximate surface area is 184 Å². The van der Waals surface area contributed by atoms with E-state index in [1.54, 1.807) is 46.8 Å². The fourth-order valence-corrected chi connectivity index (χ4v) is 4.83. The second-order valence-corrected chi connectivity index (χ2v) is 8.92. The Bertz CT molecular complexity index is 934. The van der Waals surface area contributed by atoms with Gasteiger partial charge in [0.05, 0.1) is 5.92 Å². The average Bonchev–Trinajstić information content (AvgIpc) is 3.19. The fraction of sp³-hybridized carbons (Fsp3) is 0.560. The summed E-state index contributed by atoms with van der Waals surface area (Å²) in [5.74, 6) is -2.33. The first-order valence-electron chi connectivity index (χ1n) is 10.8. The predicted octanol–water partition coefficient (Wildman–Crippen LogP) is 4.36. The molecular weight excluding hydrogens is 396 g/mol. The molecule has 6 heteroatoms. The molecule has 5 atom stereocenters. The van der Waals surface area contributed by atoms with Crippen molar-refractivity contribution < 1.29 is 28.6 Å². The quantitative estimate of drug-likeness (QED) is 0.286. The summed E-state index contributed by atoms with van der Waals surface area (Å²) in [5, 5.41) is 0. The third kappa shape index (κ3) is 3.88. The SMILES string of the molecule is C/C=C(/C)C(=O)O[C@H]1CC(C)=C2CC=C(C)[C@@H]2[C@H]2OC(=O)[C@@](C)(OC(=O)/C(C)=C\C)[C@@H]21. The Morgan fingerprint density at radius 1 is 1.13 bits per heavy atom. The van der Waals surface area contributed by atoms with E-state index in [2.05, 4.69) is 6.08 Å². The molecule has 3 aliphatic rings. The predicted molar refractivity (Wildman–Crippen MR) is 116 cm³/mol. The molecule has 0 aromatic rings. The van der Waals surface area contributed by atoms with Gasteiger partial charge in [0.2, 0.25) is 5.60 Å². The molecule has 1 saturated heterocycles. The number of hydrogen-bond donors (Lipinski definition) is 0. The van der Waals surface area contributed by atoms with Crippen molar-refractivity contribution in [2.45, 2.75) is 79.1 Å². The molecule has 31 heavy (non-hydrogen) atoms. The minimum Gasteiger partial charge on any atom is -0.458 e. The number of esters is 3. The third-order valence-corrected chi connectivity index (χ3v) is 7.01. The van der Waals surface area contributed by atoms with Crippen LogP contribution in [0.3, 0.4) is 0 Å². The molecule has 0 saturated carbocycles. The first-order chi connectivity index (χ1) is 14.5. The van der Waals surface area contributed by atoms with Gasteiger partial charge in [-0.25, -0.2) is 14.4 Å². The number of rotatable bonds is 4. The highest BCUT2D eigenvalue weighted by molar-refractivity contribution is 5.92. The largest absolute Gasteiger partial charge is 0.458 e. The zero-order valence-corrected chi connectivity index (χ0v) is 19.4. The average molecular weight is 429 g/mol. The van der Waals surface area contributed by atoms with Gasteiger partial charge in [0, 0.05) is 23.5 Å². The Morgan fingerprint density at radius 2 is 1.74 bits per heavy atom. The highest BCUT2D eigenvalue weighted by Gasteiger charge is 2.64. The maximum Gasteiger partial charge on any atom is 0.351 e. The van der Waals surface area contributed by atoms with Gasteiger partial charge in [0.1, 0.15) is 12.2 Å². The molecule has 0 unspecified atom stereocenters. The van der Waals surface area contributed by atoms with Crippen molar-refractivity contribution in [1.82, 2.24) is 0 Å². The molecule has 0 amide bonds. The van der Waals surface area contributed by atoms with Crippen LogP contribution in [-0.4, -0.2) is 35.7 Å². The van der Waals surface area contributed by atoms with Gasteiger partial charge < -0.3 is 14.2 Å². The standard InChI is InChI=1S/C25H32O6/c1-8-13(3)22(26)29-18-12-16(6)17-11-10-15(5)19(17)21-20(18)25(7,24(28)30-21)31-23(27)14(4)9-2/h8-10,18-21H,11-12H2,1-7H3/b13-8-,14-9-/t18-,19-,20+,21+,25-/m0/s1. The van der Waals surface area contributed by atoms with Crippen LogP contribution in [0.1, 0.15) is 61.3 Å². The number of fused-ring (bicyclic) bond motifs is 3. The van der Waals surface area contributed by atoms with Crippen molar-refractivity contribution in [3.63, 3.8) is 0 Å². The Hall–Kier alpha value is -2.63. The van der Waals surface area contributed by atoms with Crippen LogP contribution >= 0.6 is 0 Å². The Balaban J connectivity index is 2.08. The lowest BCUT2D eigenvalue weighted by Gasteiger charge is -2.35. The molecule has 0 N–H and O–H groups in total. The summed E-state index contributed by atoms with van der Waals surface area (Å²) in [5.41, 5.74) is 2.76. The van der Waals surface area contributed by atoms with Crippen molar-refractivity contribution in [2.75, 3.05) is 0 Å². The topological polar surface area (TPSA) is 78.9 Å². The monoisotopic (exact) mass is 428 g/mol. The molecule has 1 heterocycles. The fourth-order valence-electron chi connectivity index (χ4n) is 4.83. The molecule has 168 valence electrons. The maximum absolute atomic E-state index is 13.1. The van der Waals surface area contributed by atoms with E-state index in [1.165, 1.54) is 5.57 Å². The van der Waals surface area contributed by atoms with Crippen LogP contribution in [0.4, 0.5) is 0 Å². The van der Waals surface area contributed by atoms with E-state index in [0.29, 0.717) is 17.6 Å². The zero-order chi connectivity index (χ0) is 23.1. The normalized spacial score (nSPS) is 33.3. The molecular formula is C25H32O6. The van der Waals surface area contributed by atoms with Gasteiger partial charge >= 0.3 is 17.9 Å². The van der Waals surface area contributed by atoms with Crippen molar-refractivity contribution >= 4 is 17.9 Å². The summed E-state index contributed by atoms with van der Waals surface area (Å²) in [6.07, 6.45) is 5.50. The van der Waals surface area contributed by atoms with E-state index < -0.39 is 41.6 Å². The lowest BCUT2D eigenvalue weighted by molar-refractivity contribution is -0.175. The van der Waals surface area contributed by atoms with Gasteiger partial charge in [-0.3, -0.25) is 0 Å². The van der Waals surface area contributed by atoms with Crippen LogP contribution in [0.5, 0.6) is 0 Å². The summed E-state index contributed by atoms with van der Waals surface area (Å²) >= 11 is 0. The second-order valence-electron chi connectivity index (χ2n) is 8.92. The van der Waals surface area contributed by atoms with Crippen LogP contribution in [0.25, 0.3) is 0 Å². The Morgan fingerprint density at radius 3 is 2.35 bits per heavy atom. The van der Waals surface area contributed by atoms with Gasteiger partial charge in [-0.1, -0.05) is 34.9 Å². The summed E-state index contributed by atoms with van der Waals surface area (Å²) in [4.78, 5) is 38.4. The van der Waals surface area contributed by atoms with Crippen molar-refractivity contribution in [3.05, 3.63) is 46.1 Å². The van der Waals surface area contributed by atoms with E-state index in [1.807, 2.05) is 13.8 Å². The second kappa shape index (κ2) is 8.48. The number of carbonyl (C=O) groups is 3. The summed E-state index contributed by atoms with van der Waals surface area (Å²) in [7, 11) is 0. The highest BCUT2D eigenvalue weighted by atomic mass is 16.6. The van der Waals surface area contributed by atoms with E-state index in [9.17, 15) is 14.4 Å². The minimum absolute atomic E-state index is 0.0937. The molecule has 2 aliphatic carbocycles. The van der Waals surface area contributed by atoms with E-state index in [0.717, 1.165) is 17.6 Å². The van der Waals surface area contributed by atoms with Crippen LogP contribution in [0, 0.1) is 11.8 Å². The van der Waals surface area contributed by atoms with Crippen LogP contribution in [0.15, 0.2) is 46.1 Å². The van der Waals surface area contributed by atoms with E-state index in [-0.39, 0.29) is 5.92 Å². The van der Waals surface area contributed by atoms with Gasteiger partial charge in [-0.2, -0.15) is 0 Å². The van der Waals surface area contributed by atoms with Gasteiger partial charge in [-0.05, 0) is 54.9 Å². The molecule has 1 aliphatic heterocycles. The summed E-state index contributed by atoms with van der Waals surface area (Å²) in [6.45, 7) is 12.5. The Kier molecular flexibility index (Phi) is 6.30. The van der Waals surface area contributed by atoms with E-state index in [4.69, 9.17) is 14.2 Å². The van der Waals surface area contributed by atoms with Gasteiger partial charge in [0.15, 0.2) is 0 Å². The molecule has 0 bridgehead atoms. The molecule has 0 radical (unpaired) electrons. The highest BCUT2D eigenvalue weighted by Crippen LogP contribution is 2.52. The molecule has 1 fully saturated rings. The molecule has 6 nitrogen and oxygen atoms in total. The van der Waals surface area contributed by atoms with Crippen LogP contribution in [-0.2, 0) is 28.6 Å². The zero-order valence-electron chi connectivity index (χ0n) is 19.4. The lowest BCUT2D eigenvalue weighted by atomic mass is 9.77. The molecule has 0 aromatic heterocycles. The summed E-state index contributed by atoms with van der Waals surface area (Å²) < 4.78 is 17.6. The van der Waals surface area contributed by atoms with Crippen molar-refractivity contribution in [3.8, 4) is 0 Å². The van der Waals surface area contributed by atoms with Crippen LogP contribution < -0.4 is 0 Å². The molecule has 0 aromatic carbocycles. The first kappa shape index (κ1) is 23.0. The van der Waals surface area contributed by atoms with E-state index >= 15 is 0 Å². The smallest absolute Gasteiger partial charge is 0.351 e. The van der Waals surface area contributed by atoms with Crippen LogP contribution in [0.2, 0.25) is 0 Å². The lowest BCUT2D eigenvalue weighted by Crippen LogP contribution is -2.50. The first-order valence-corrected chi connectivity index (χ1v) is 10.8. The number of ether oxygens (including phenoxy) is 3. The van der Waals surface area contributed by atoms with Crippen molar-refractivity contribution in [1.29, 1.82) is 0 Å². The maximum atomic E-state index is 13.1. The van der Waals surface area contributed by atoms with Gasteiger partial charge in [0.25, 0.3) is 0 Å². The third-order valence-electron chi connectivity index (χ3n) is 7.01. The minimum atomic E-state index is -1.56. The summed E-state index contributed by atoms with van der Waals surface area (Å²) in [6, 6.07) is 0. The molecule has 0 spiro atoms. The number of carbonyl (C=O) groups excluding carboxylic acids is 3. The number of hydrogen-bond acceptors (Lipinski definition) is 6. The van der Waals surface area contributed by atoms with Gasteiger partial charge in [-0.15, -0.1) is 0 Å².